The third-order valence-corrected chi connectivity index (χ3v) is 2.51. The van der Waals surface area contributed by atoms with Gasteiger partial charge in [0, 0.05) is 11.6 Å². The summed E-state index contributed by atoms with van der Waals surface area (Å²) in [5.74, 6) is 0.696. The molecule has 0 aliphatic heterocycles. The van der Waals surface area contributed by atoms with E-state index in [0.717, 1.165) is 5.56 Å². The predicted molar refractivity (Wildman–Crippen MR) is 67.7 cm³/mol. The Labute approximate surface area is 105 Å². The average Bonchev–Trinajstić information content (AvgIpc) is 2.28. The highest BCUT2D eigenvalue weighted by molar-refractivity contribution is 5.94. The molecule has 0 bridgehead atoms. The number of benzene rings is 2. The Morgan fingerprint density at radius 1 is 1.06 bits per heavy atom. The van der Waals surface area contributed by atoms with E-state index in [1.54, 1.807) is 37.3 Å². The van der Waals surface area contributed by atoms with Crippen molar-refractivity contribution in [2.75, 3.05) is 0 Å². The lowest BCUT2D eigenvalue weighted by Gasteiger charge is -2.07. The van der Waals surface area contributed by atoms with Crippen LogP contribution in [0.2, 0.25) is 0 Å². The van der Waals surface area contributed by atoms with Crippen LogP contribution in [0, 0.1) is 12.7 Å². The van der Waals surface area contributed by atoms with Crippen LogP contribution in [0.15, 0.2) is 42.5 Å². The smallest absolute Gasteiger partial charge is 0.159 e. The van der Waals surface area contributed by atoms with E-state index in [9.17, 15) is 9.18 Å². The Morgan fingerprint density at radius 3 is 2.28 bits per heavy atom. The van der Waals surface area contributed by atoms with Crippen molar-refractivity contribution >= 4 is 5.78 Å². The number of rotatable bonds is 3. The Bertz CT molecular complexity index is 553. The van der Waals surface area contributed by atoms with Crippen LogP contribution in [-0.4, -0.2) is 5.78 Å². The summed E-state index contributed by atoms with van der Waals surface area (Å²) in [6.45, 7) is 3.31. The molecular formula is C15H13FO2. The van der Waals surface area contributed by atoms with E-state index in [2.05, 4.69) is 0 Å². The first-order chi connectivity index (χ1) is 8.54. The number of carbonyl (C=O) groups is 1. The van der Waals surface area contributed by atoms with Gasteiger partial charge >= 0.3 is 0 Å². The average molecular weight is 244 g/mol. The molecule has 2 aromatic rings. The van der Waals surface area contributed by atoms with Crippen LogP contribution in [0.3, 0.4) is 0 Å². The summed E-state index contributed by atoms with van der Waals surface area (Å²) in [5.41, 5.74) is 1.42. The molecule has 0 saturated carbocycles. The molecule has 2 aromatic carbocycles. The highest BCUT2D eigenvalue weighted by Crippen LogP contribution is 2.23. The maximum Gasteiger partial charge on any atom is 0.159 e. The summed E-state index contributed by atoms with van der Waals surface area (Å²) in [5, 5.41) is 0. The summed E-state index contributed by atoms with van der Waals surface area (Å²) in [6, 6.07) is 11.3. The fraction of sp³-hybridized carbons (Fsp3) is 0.133. The molecule has 92 valence electrons. The number of ketones is 1. The van der Waals surface area contributed by atoms with Crippen molar-refractivity contribution in [1.29, 1.82) is 0 Å². The minimum Gasteiger partial charge on any atom is -0.457 e. The molecule has 0 aromatic heterocycles. The van der Waals surface area contributed by atoms with Crippen molar-refractivity contribution in [3.8, 4) is 11.5 Å². The van der Waals surface area contributed by atoms with Gasteiger partial charge in [-0.2, -0.15) is 0 Å². The second kappa shape index (κ2) is 5.00. The Kier molecular flexibility index (Phi) is 3.42. The molecule has 0 aliphatic carbocycles. The van der Waals surface area contributed by atoms with E-state index < -0.39 is 0 Å². The van der Waals surface area contributed by atoms with Gasteiger partial charge in [0.2, 0.25) is 0 Å². The summed E-state index contributed by atoms with van der Waals surface area (Å²) in [4.78, 5) is 11.1. The molecule has 0 fully saturated rings. The summed E-state index contributed by atoms with van der Waals surface area (Å²) >= 11 is 0. The van der Waals surface area contributed by atoms with Crippen molar-refractivity contribution < 1.29 is 13.9 Å². The molecule has 0 saturated heterocycles. The first-order valence-electron chi connectivity index (χ1n) is 5.60. The van der Waals surface area contributed by atoms with Crippen molar-refractivity contribution in [1.82, 2.24) is 0 Å². The lowest BCUT2D eigenvalue weighted by atomic mass is 10.1. The first-order valence-corrected chi connectivity index (χ1v) is 5.60. The molecule has 0 heterocycles. The van der Waals surface area contributed by atoms with Crippen LogP contribution in [0.4, 0.5) is 4.39 Å². The molecule has 18 heavy (non-hydrogen) atoms. The number of carbonyl (C=O) groups excluding carboxylic acids is 1. The zero-order chi connectivity index (χ0) is 13.1. The number of ether oxygens (including phenoxy) is 1. The van der Waals surface area contributed by atoms with Gasteiger partial charge in [-0.1, -0.05) is 0 Å². The second-order valence-electron chi connectivity index (χ2n) is 4.15. The van der Waals surface area contributed by atoms with Gasteiger partial charge in [-0.05, 0) is 55.8 Å². The van der Waals surface area contributed by atoms with Crippen LogP contribution in [0.1, 0.15) is 22.8 Å². The molecule has 0 radical (unpaired) electrons. The van der Waals surface area contributed by atoms with Gasteiger partial charge in [0.1, 0.15) is 17.3 Å². The largest absolute Gasteiger partial charge is 0.457 e. The summed E-state index contributed by atoms with van der Waals surface area (Å²) < 4.78 is 18.7. The Morgan fingerprint density at radius 2 is 1.72 bits per heavy atom. The van der Waals surface area contributed by atoms with Gasteiger partial charge in [-0.15, -0.1) is 0 Å². The summed E-state index contributed by atoms with van der Waals surface area (Å²) in [7, 11) is 0. The SMILES string of the molecule is CC(=O)c1ccc(Oc2cc(C)cc(F)c2)cc1. The van der Waals surface area contributed by atoms with Gasteiger partial charge in [0.05, 0.1) is 0 Å². The van der Waals surface area contributed by atoms with Crippen LogP contribution in [-0.2, 0) is 0 Å². The van der Waals surface area contributed by atoms with Crippen LogP contribution in [0.25, 0.3) is 0 Å². The fourth-order valence-electron chi connectivity index (χ4n) is 1.66. The maximum atomic E-state index is 13.2. The van der Waals surface area contributed by atoms with E-state index in [0.29, 0.717) is 17.1 Å². The van der Waals surface area contributed by atoms with E-state index in [1.807, 2.05) is 0 Å². The van der Waals surface area contributed by atoms with E-state index in [4.69, 9.17) is 4.74 Å². The molecule has 0 atom stereocenters. The molecule has 0 amide bonds. The van der Waals surface area contributed by atoms with Gasteiger partial charge < -0.3 is 4.74 Å². The number of Topliss-reactive ketones (excluding diaryl/α,β-unsaturated/α-hetero) is 1. The second-order valence-corrected chi connectivity index (χ2v) is 4.15. The summed E-state index contributed by atoms with van der Waals surface area (Å²) in [6.07, 6.45) is 0. The zero-order valence-electron chi connectivity index (χ0n) is 10.2. The minimum atomic E-state index is -0.328. The van der Waals surface area contributed by atoms with Crippen molar-refractivity contribution in [3.63, 3.8) is 0 Å². The van der Waals surface area contributed by atoms with Crippen LogP contribution < -0.4 is 4.74 Å². The highest BCUT2D eigenvalue weighted by atomic mass is 19.1. The monoisotopic (exact) mass is 244 g/mol. The molecule has 0 aliphatic rings. The van der Waals surface area contributed by atoms with Crippen LogP contribution in [0.5, 0.6) is 11.5 Å². The molecule has 0 spiro atoms. The van der Waals surface area contributed by atoms with E-state index in [1.165, 1.54) is 19.1 Å². The molecule has 2 nitrogen and oxygen atoms in total. The van der Waals surface area contributed by atoms with E-state index >= 15 is 0 Å². The van der Waals surface area contributed by atoms with Gasteiger partial charge in [0.15, 0.2) is 5.78 Å². The van der Waals surface area contributed by atoms with Crippen molar-refractivity contribution in [3.05, 3.63) is 59.4 Å². The molecule has 2 rings (SSSR count). The third-order valence-electron chi connectivity index (χ3n) is 2.51. The van der Waals surface area contributed by atoms with Gasteiger partial charge in [0.25, 0.3) is 0 Å². The standard InChI is InChI=1S/C15H13FO2/c1-10-7-13(16)9-15(8-10)18-14-5-3-12(4-6-14)11(2)17/h3-9H,1-2H3. The minimum absolute atomic E-state index is 0.00292. The molecule has 0 N–H and O–H groups in total. The van der Waals surface area contributed by atoms with Crippen LogP contribution >= 0.6 is 0 Å². The lowest BCUT2D eigenvalue weighted by molar-refractivity contribution is 0.101. The predicted octanol–water partition coefficient (Wildman–Crippen LogP) is 4.13. The van der Waals surface area contributed by atoms with Crippen molar-refractivity contribution in [2.45, 2.75) is 13.8 Å². The number of aryl methyl sites for hydroxylation is 1. The first kappa shape index (κ1) is 12.3. The highest BCUT2D eigenvalue weighted by Gasteiger charge is 2.03. The van der Waals surface area contributed by atoms with Gasteiger partial charge in [-0.25, -0.2) is 4.39 Å². The quantitative estimate of drug-likeness (QED) is 0.759. The van der Waals surface area contributed by atoms with Gasteiger partial charge in [-0.3, -0.25) is 4.79 Å². The van der Waals surface area contributed by atoms with E-state index in [-0.39, 0.29) is 11.6 Å². The number of hydrogen-bond donors (Lipinski definition) is 0. The maximum absolute atomic E-state index is 13.2. The fourth-order valence-corrected chi connectivity index (χ4v) is 1.66. The number of hydrogen-bond acceptors (Lipinski definition) is 2. The lowest BCUT2D eigenvalue weighted by Crippen LogP contribution is -1.92. The molecule has 0 unspecified atom stereocenters. The molecular weight excluding hydrogens is 231 g/mol. The zero-order valence-corrected chi connectivity index (χ0v) is 10.2. The number of halogens is 1. The Hall–Kier alpha value is -2.16. The van der Waals surface area contributed by atoms with Crippen molar-refractivity contribution in [2.24, 2.45) is 0 Å². The normalized spacial score (nSPS) is 10.2. The third kappa shape index (κ3) is 2.94. The topological polar surface area (TPSA) is 26.3 Å². The molecule has 3 heteroatoms. The Balaban J connectivity index is 2.20.